The van der Waals surface area contributed by atoms with Gasteiger partial charge in [-0.05, 0) is 0 Å². The van der Waals surface area contributed by atoms with Crippen LogP contribution in [0, 0.1) is 0 Å². The maximum atomic E-state index is 11.2. The minimum atomic E-state index is -1.36. The monoisotopic (exact) mass is 207 g/mol. The average molecular weight is 207 g/mol. The van der Waals surface area contributed by atoms with Gasteiger partial charge in [-0.15, -0.1) is 5.75 Å². The van der Waals surface area contributed by atoms with Crippen molar-refractivity contribution >= 4 is 11.9 Å². The van der Waals surface area contributed by atoms with Gasteiger partial charge in [-0.3, -0.25) is 4.79 Å². The normalized spacial score (nSPS) is 8.25. The molecule has 0 aliphatic heterocycles. The Morgan fingerprint density at radius 1 is 1.12 bits per heavy atom. The van der Waals surface area contributed by atoms with Crippen molar-refractivity contribution in [3.05, 3.63) is 29.8 Å². The van der Waals surface area contributed by atoms with Crippen LogP contribution in [0.2, 0.25) is 0 Å². The molecule has 0 fully saturated rings. The Bertz CT molecular complexity index is 353. The molecule has 0 aliphatic rings. The molecule has 0 heterocycles. The van der Waals surface area contributed by atoms with Gasteiger partial charge < -0.3 is 20.3 Å². The summed E-state index contributed by atoms with van der Waals surface area (Å²) in [4.78, 5) is 21.2. The molecule has 1 amide bonds. The summed E-state index contributed by atoms with van der Waals surface area (Å²) < 4.78 is 0. The standard InChI is InChI=1S/C9H9NO4.2Li/c11-7-3-1-6(2-4-7)9(14)10-5-8(12)13;;/h1-4,11H,5H2,(H,10,14)(H,12,13);;/q;2*+1/p-2. The second-order valence-electron chi connectivity index (χ2n) is 2.58. The predicted octanol–water partition coefficient (Wildman–Crippen LogP) is -7.75. The largest absolute Gasteiger partial charge is 1.00 e. The summed E-state index contributed by atoms with van der Waals surface area (Å²) in [5.41, 5.74) is 0.242. The summed E-state index contributed by atoms with van der Waals surface area (Å²) in [6.07, 6.45) is 0. The van der Waals surface area contributed by atoms with Crippen LogP contribution in [0.3, 0.4) is 0 Å². The molecule has 0 saturated carbocycles. The molecular weight excluding hydrogens is 200 g/mol. The molecule has 1 aromatic carbocycles. The molecule has 1 rings (SSSR count). The van der Waals surface area contributed by atoms with Crippen LogP contribution in [-0.4, -0.2) is 18.4 Å². The first-order valence-corrected chi connectivity index (χ1v) is 3.84. The summed E-state index contributed by atoms with van der Waals surface area (Å²) in [6, 6.07) is 5.11. The number of carbonyl (C=O) groups excluding carboxylic acids is 2. The van der Waals surface area contributed by atoms with Gasteiger partial charge in [0.25, 0.3) is 5.91 Å². The van der Waals surface area contributed by atoms with E-state index < -0.39 is 18.4 Å². The summed E-state index contributed by atoms with van der Waals surface area (Å²) >= 11 is 0. The molecule has 0 spiro atoms. The minimum absolute atomic E-state index is 0. The number of carboxylic acid groups (broad SMARTS) is 1. The maximum Gasteiger partial charge on any atom is 1.00 e. The molecule has 7 heteroatoms. The van der Waals surface area contributed by atoms with E-state index in [1.54, 1.807) is 0 Å². The van der Waals surface area contributed by atoms with E-state index in [9.17, 15) is 19.8 Å². The van der Waals surface area contributed by atoms with Crippen LogP contribution >= 0.6 is 0 Å². The van der Waals surface area contributed by atoms with Gasteiger partial charge in [0.15, 0.2) is 0 Å². The molecular formula is C9H7Li2NO4. The number of nitrogens with one attached hydrogen (secondary N) is 1. The zero-order valence-corrected chi connectivity index (χ0v) is 9.15. The molecule has 0 bridgehead atoms. The molecule has 0 unspecified atom stereocenters. The first kappa shape index (κ1) is 17.5. The summed E-state index contributed by atoms with van der Waals surface area (Å²) in [5.74, 6) is -2.12. The quantitative estimate of drug-likeness (QED) is 0.498. The number of hydrogen-bond donors (Lipinski definition) is 1. The predicted molar refractivity (Wildman–Crippen MR) is 43.2 cm³/mol. The fourth-order valence-corrected chi connectivity index (χ4v) is 0.861. The molecule has 1 aromatic rings. The van der Waals surface area contributed by atoms with E-state index >= 15 is 0 Å². The van der Waals surface area contributed by atoms with E-state index in [0.717, 1.165) is 0 Å². The number of carbonyl (C=O) groups is 2. The minimum Gasteiger partial charge on any atom is -0.872 e. The van der Waals surface area contributed by atoms with E-state index in [1.807, 2.05) is 0 Å². The van der Waals surface area contributed by atoms with Crippen molar-refractivity contribution in [3.63, 3.8) is 0 Å². The Morgan fingerprint density at radius 3 is 2.06 bits per heavy atom. The fraction of sp³-hybridized carbons (Fsp3) is 0.111. The van der Waals surface area contributed by atoms with Crippen LogP contribution in [0.25, 0.3) is 0 Å². The van der Waals surface area contributed by atoms with Gasteiger partial charge in [0, 0.05) is 5.56 Å². The second kappa shape index (κ2) is 8.32. The third-order valence-corrected chi connectivity index (χ3v) is 1.51. The van der Waals surface area contributed by atoms with Crippen LogP contribution in [0.15, 0.2) is 24.3 Å². The van der Waals surface area contributed by atoms with Crippen LogP contribution in [0.5, 0.6) is 5.75 Å². The Morgan fingerprint density at radius 2 is 1.62 bits per heavy atom. The SMILES string of the molecule is O=C([O-])CNC(=O)c1ccc([O-])cc1.[Li+].[Li+]. The van der Waals surface area contributed by atoms with Gasteiger partial charge in [-0.1, -0.05) is 24.3 Å². The van der Waals surface area contributed by atoms with Crippen molar-refractivity contribution in [1.29, 1.82) is 0 Å². The van der Waals surface area contributed by atoms with E-state index in [4.69, 9.17) is 0 Å². The number of hydrogen-bond acceptors (Lipinski definition) is 4. The van der Waals surface area contributed by atoms with Gasteiger partial charge in [-0.25, -0.2) is 0 Å². The van der Waals surface area contributed by atoms with Gasteiger partial charge >= 0.3 is 37.7 Å². The summed E-state index contributed by atoms with van der Waals surface area (Å²) in [7, 11) is 0. The number of carboxylic acids is 1. The number of benzene rings is 1. The average Bonchev–Trinajstić information content (AvgIpc) is 2.15. The van der Waals surface area contributed by atoms with E-state index in [2.05, 4.69) is 5.32 Å². The molecule has 0 saturated heterocycles. The molecule has 0 radical (unpaired) electrons. The van der Waals surface area contributed by atoms with Crippen LogP contribution in [0.1, 0.15) is 10.4 Å². The molecule has 0 aliphatic carbocycles. The van der Waals surface area contributed by atoms with E-state index in [-0.39, 0.29) is 49.0 Å². The Balaban J connectivity index is 0. The molecule has 5 nitrogen and oxygen atoms in total. The number of rotatable bonds is 3. The topological polar surface area (TPSA) is 92.3 Å². The Kier molecular flexibility index (Phi) is 9.13. The number of aliphatic carboxylic acids is 1. The van der Waals surface area contributed by atoms with Gasteiger partial charge in [0.2, 0.25) is 0 Å². The van der Waals surface area contributed by atoms with Crippen molar-refractivity contribution in [2.24, 2.45) is 0 Å². The van der Waals surface area contributed by atoms with Crippen molar-refractivity contribution in [1.82, 2.24) is 5.32 Å². The smallest absolute Gasteiger partial charge is 0.872 e. The van der Waals surface area contributed by atoms with Gasteiger partial charge in [-0.2, -0.15) is 0 Å². The first-order valence-electron chi connectivity index (χ1n) is 3.84. The van der Waals surface area contributed by atoms with Crippen molar-refractivity contribution in [2.75, 3.05) is 6.54 Å². The van der Waals surface area contributed by atoms with Gasteiger partial charge in [0.1, 0.15) is 0 Å². The van der Waals surface area contributed by atoms with Crippen molar-refractivity contribution in [3.8, 4) is 5.75 Å². The van der Waals surface area contributed by atoms with Crippen LogP contribution in [-0.2, 0) is 4.79 Å². The van der Waals surface area contributed by atoms with E-state index in [1.165, 1.54) is 24.3 Å². The zero-order chi connectivity index (χ0) is 10.6. The third kappa shape index (κ3) is 5.90. The van der Waals surface area contributed by atoms with Crippen molar-refractivity contribution < 1.29 is 57.5 Å². The van der Waals surface area contributed by atoms with Gasteiger partial charge in [0.05, 0.1) is 12.5 Å². The summed E-state index contributed by atoms with van der Waals surface area (Å²) in [5, 5.41) is 22.8. The fourth-order valence-electron chi connectivity index (χ4n) is 0.861. The zero-order valence-electron chi connectivity index (χ0n) is 9.15. The molecule has 1 N–H and O–H groups in total. The summed E-state index contributed by atoms with van der Waals surface area (Å²) in [6.45, 7) is -0.544. The second-order valence-corrected chi connectivity index (χ2v) is 2.58. The molecule has 0 atom stereocenters. The molecule has 74 valence electrons. The van der Waals surface area contributed by atoms with E-state index in [0.29, 0.717) is 0 Å². The maximum absolute atomic E-state index is 11.2. The van der Waals surface area contributed by atoms with Crippen LogP contribution in [0.4, 0.5) is 0 Å². The van der Waals surface area contributed by atoms with Crippen molar-refractivity contribution in [2.45, 2.75) is 0 Å². The molecule has 16 heavy (non-hydrogen) atoms. The molecule has 0 aromatic heterocycles. The Labute approximate surface area is 117 Å². The third-order valence-electron chi connectivity index (χ3n) is 1.51. The van der Waals surface area contributed by atoms with Crippen LogP contribution < -0.4 is 53.3 Å². The first-order chi connectivity index (χ1) is 6.59. The Hall–Kier alpha value is -0.845. The number of amides is 1.